The molecule has 0 radical (unpaired) electrons. The number of rotatable bonds is 3. The molecule has 3 rings (SSSR count). The van der Waals surface area contributed by atoms with Crippen molar-refractivity contribution in [3.05, 3.63) is 35.1 Å². The maximum Gasteiger partial charge on any atom is 0.257 e. The third-order valence-electron chi connectivity index (χ3n) is 3.42. The molecule has 1 aliphatic heterocycles. The van der Waals surface area contributed by atoms with Crippen molar-refractivity contribution in [3.63, 3.8) is 0 Å². The fourth-order valence-corrected chi connectivity index (χ4v) is 2.77. The van der Waals surface area contributed by atoms with Gasteiger partial charge in [-0.25, -0.2) is 0 Å². The van der Waals surface area contributed by atoms with E-state index in [1.54, 1.807) is 0 Å². The molecule has 2 heterocycles. The van der Waals surface area contributed by atoms with E-state index in [4.69, 9.17) is 20.9 Å². The zero-order chi connectivity index (χ0) is 14.8. The highest BCUT2D eigenvalue weighted by molar-refractivity contribution is 6.30. The normalized spacial score (nSPS) is 23.4. The Morgan fingerprint density at radius 2 is 1.86 bits per heavy atom. The third-order valence-corrected chi connectivity index (χ3v) is 3.67. The Bertz CT molecular complexity index is 589. The summed E-state index contributed by atoms with van der Waals surface area (Å²) in [6, 6.07) is 7.37. The molecule has 2 atom stereocenters. The second-order valence-corrected chi connectivity index (χ2v) is 5.91. The second-order valence-electron chi connectivity index (χ2n) is 5.47. The molecule has 0 spiro atoms. The molecule has 0 bridgehead atoms. The van der Waals surface area contributed by atoms with Gasteiger partial charge in [0, 0.05) is 23.7 Å². The van der Waals surface area contributed by atoms with Crippen molar-refractivity contribution in [2.45, 2.75) is 32.6 Å². The lowest BCUT2D eigenvalue weighted by Gasteiger charge is -2.34. The maximum atomic E-state index is 5.88. The smallest absolute Gasteiger partial charge is 0.257 e. The third kappa shape index (κ3) is 3.61. The molecule has 1 aliphatic rings. The second kappa shape index (κ2) is 6.13. The summed E-state index contributed by atoms with van der Waals surface area (Å²) in [5.41, 5.74) is 0.877. The summed E-state index contributed by atoms with van der Waals surface area (Å²) >= 11 is 5.88. The van der Waals surface area contributed by atoms with Crippen molar-refractivity contribution in [1.29, 1.82) is 0 Å². The minimum absolute atomic E-state index is 0.233. The Hall–Kier alpha value is -1.43. The van der Waals surface area contributed by atoms with Crippen molar-refractivity contribution in [3.8, 4) is 11.5 Å². The van der Waals surface area contributed by atoms with Gasteiger partial charge in [-0.15, -0.1) is 0 Å². The minimum atomic E-state index is 0.233. The van der Waals surface area contributed by atoms with Crippen molar-refractivity contribution < 1.29 is 9.26 Å². The van der Waals surface area contributed by atoms with Crippen LogP contribution in [0.25, 0.3) is 11.5 Å². The van der Waals surface area contributed by atoms with Crippen LogP contribution in [-0.2, 0) is 11.3 Å². The minimum Gasteiger partial charge on any atom is -0.373 e. The van der Waals surface area contributed by atoms with Gasteiger partial charge in [-0.1, -0.05) is 16.8 Å². The summed E-state index contributed by atoms with van der Waals surface area (Å²) in [7, 11) is 0. The van der Waals surface area contributed by atoms with Gasteiger partial charge in [-0.2, -0.15) is 4.98 Å². The van der Waals surface area contributed by atoms with Crippen LogP contribution >= 0.6 is 11.6 Å². The zero-order valence-electron chi connectivity index (χ0n) is 12.1. The number of aromatic nitrogens is 2. The van der Waals surface area contributed by atoms with Gasteiger partial charge in [0.2, 0.25) is 0 Å². The number of benzene rings is 1. The topological polar surface area (TPSA) is 51.4 Å². The largest absolute Gasteiger partial charge is 0.373 e. The fourth-order valence-electron chi connectivity index (χ4n) is 2.64. The Morgan fingerprint density at radius 1 is 1.19 bits per heavy atom. The molecule has 21 heavy (non-hydrogen) atoms. The lowest BCUT2D eigenvalue weighted by atomic mass is 10.2. The highest BCUT2D eigenvalue weighted by atomic mass is 35.5. The Morgan fingerprint density at radius 3 is 2.52 bits per heavy atom. The first-order chi connectivity index (χ1) is 10.1. The molecule has 0 amide bonds. The molecular weight excluding hydrogens is 290 g/mol. The van der Waals surface area contributed by atoms with Crippen molar-refractivity contribution >= 4 is 11.6 Å². The number of hydrogen-bond donors (Lipinski definition) is 0. The molecule has 112 valence electrons. The molecule has 0 saturated carbocycles. The van der Waals surface area contributed by atoms with Crippen molar-refractivity contribution in [2.24, 2.45) is 0 Å². The fraction of sp³-hybridized carbons (Fsp3) is 0.467. The van der Waals surface area contributed by atoms with E-state index in [1.165, 1.54) is 0 Å². The molecule has 1 saturated heterocycles. The molecule has 2 aromatic rings. The standard InChI is InChI=1S/C15H18ClN3O2/c1-10-7-19(8-11(2)20-10)9-14-17-15(21-18-14)12-3-5-13(16)6-4-12/h3-6,10-11H,7-9H2,1-2H3/t10-,11-/m0/s1. The maximum absolute atomic E-state index is 5.88. The predicted octanol–water partition coefficient (Wildman–Crippen LogP) is 3.00. The molecule has 0 aliphatic carbocycles. The van der Waals surface area contributed by atoms with E-state index >= 15 is 0 Å². The molecule has 0 N–H and O–H groups in total. The molecule has 0 unspecified atom stereocenters. The van der Waals surface area contributed by atoms with Crippen LogP contribution in [0.4, 0.5) is 0 Å². The highest BCUT2D eigenvalue weighted by Crippen LogP contribution is 2.20. The van der Waals surface area contributed by atoms with Gasteiger partial charge in [-0.05, 0) is 38.1 Å². The molecule has 1 aromatic carbocycles. The van der Waals surface area contributed by atoms with Gasteiger partial charge in [0.25, 0.3) is 5.89 Å². The van der Waals surface area contributed by atoms with Gasteiger partial charge >= 0.3 is 0 Å². The van der Waals surface area contributed by atoms with Crippen LogP contribution in [0.15, 0.2) is 28.8 Å². The van der Waals surface area contributed by atoms with Crippen LogP contribution in [0.5, 0.6) is 0 Å². The predicted molar refractivity (Wildman–Crippen MR) is 80.0 cm³/mol. The molecule has 1 aromatic heterocycles. The van der Waals surface area contributed by atoms with Crippen LogP contribution in [0, 0.1) is 0 Å². The number of ether oxygens (including phenoxy) is 1. The monoisotopic (exact) mass is 307 g/mol. The first-order valence-electron chi connectivity index (χ1n) is 7.06. The molecule has 1 fully saturated rings. The summed E-state index contributed by atoms with van der Waals surface area (Å²) in [5, 5.41) is 4.75. The number of hydrogen-bond acceptors (Lipinski definition) is 5. The summed E-state index contributed by atoms with van der Waals surface area (Å²) in [5.74, 6) is 1.22. The molecular formula is C15H18ClN3O2. The van der Waals surface area contributed by atoms with E-state index in [9.17, 15) is 0 Å². The SMILES string of the molecule is C[C@H]1CN(Cc2noc(-c3ccc(Cl)cc3)n2)C[C@H](C)O1. The van der Waals surface area contributed by atoms with Crippen molar-refractivity contribution in [2.75, 3.05) is 13.1 Å². The van der Waals surface area contributed by atoms with E-state index in [2.05, 4.69) is 28.9 Å². The van der Waals surface area contributed by atoms with E-state index in [1.807, 2.05) is 24.3 Å². The number of nitrogens with zero attached hydrogens (tertiary/aromatic N) is 3. The number of morpholine rings is 1. The van der Waals surface area contributed by atoms with E-state index in [0.717, 1.165) is 18.7 Å². The average Bonchev–Trinajstić information content (AvgIpc) is 2.87. The Labute approximate surface area is 128 Å². The van der Waals surface area contributed by atoms with Gasteiger partial charge in [0.15, 0.2) is 5.82 Å². The lowest BCUT2D eigenvalue weighted by molar-refractivity contribution is -0.0711. The summed E-state index contributed by atoms with van der Waals surface area (Å²) in [6.07, 6.45) is 0.466. The molecule has 6 heteroatoms. The summed E-state index contributed by atoms with van der Waals surface area (Å²) in [4.78, 5) is 6.74. The van der Waals surface area contributed by atoms with E-state index < -0.39 is 0 Å². The first kappa shape index (κ1) is 14.5. The average molecular weight is 308 g/mol. The van der Waals surface area contributed by atoms with E-state index in [0.29, 0.717) is 23.3 Å². The lowest BCUT2D eigenvalue weighted by Crippen LogP contribution is -2.44. The first-order valence-corrected chi connectivity index (χ1v) is 7.44. The molecule has 5 nitrogen and oxygen atoms in total. The van der Waals surface area contributed by atoms with Crippen LogP contribution in [-0.4, -0.2) is 40.3 Å². The Balaban J connectivity index is 1.69. The number of halogens is 1. The highest BCUT2D eigenvalue weighted by Gasteiger charge is 2.23. The van der Waals surface area contributed by atoms with Crippen LogP contribution < -0.4 is 0 Å². The summed E-state index contributed by atoms with van der Waals surface area (Å²) < 4.78 is 11.0. The van der Waals surface area contributed by atoms with Crippen LogP contribution in [0.2, 0.25) is 5.02 Å². The Kier molecular flexibility index (Phi) is 4.24. The van der Waals surface area contributed by atoms with Crippen LogP contribution in [0.3, 0.4) is 0 Å². The van der Waals surface area contributed by atoms with Gasteiger partial charge in [0.1, 0.15) is 0 Å². The van der Waals surface area contributed by atoms with Gasteiger partial charge in [-0.3, -0.25) is 4.90 Å². The quantitative estimate of drug-likeness (QED) is 0.872. The summed E-state index contributed by atoms with van der Waals surface area (Å²) in [6.45, 7) is 6.61. The van der Waals surface area contributed by atoms with Gasteiger partial charge in [0.05, 0.1) is 18.8 Å². The van der Waals surface area contributed by atoms with Gasteiger partial charge < -0.3 is 9.26 Å². The van der Waals surface area contributed by atoms with Crippen molar-refractivity contribution in [1.82, 2.24) is 15.0 Å². The zero-order valence-corrected chi connectivity index (χ0v) is 12.9. The van der Waals surface area contributed by atoms with Crippen LogP contribution in [0.1, 0.15) is 19.7 Å². The van der Waals surface area contributed by atoms with E-state index in [-0.39, 0.29) is 12.2 Å².